The minimum Gasteiger partial charge on any atom is -0.481 e. The molecule has 2 N–H and O–H groups in total. The molecule has 0 aromatic carbocycles. The lowest BCUT2D eigenvalue weighted by atomic mass is 9.98. The molecular formula is C40H77NO13P+. The quantitative estimate of drug-likeness (QED) is 0.0203. The lowest BCUT2D eigenvalue weighted by Crippen LogP contribution is -2.43. The molecule has 5 atom stereocenters. The van der Waals surface area contributed by atoms with Gasteiger partial charge in [-0.3, -0.25) is 28.2 Å². The van der Waals surface area contributed by atoms with Gasteiger partial charge in [0.15, 0.2) is 6.10 Å². The molecule has 0 amide bonds. The Balaban J connectivity index is 4.32. The average Bonchev–Trinajstić information content (AvgIpc) is 3.08. The van der Waals surface area contributed by atoms with Gasteiger partial charge in [0.05, 0.1) is 53.3 Å². The Morgan fingerprint density at radius 3 is 1.75 bits per heavy atom. The van der Waals surface area contributed by atoms with Gasteiger partial charge in [0.1, 0.15) is 19.3 Å². The molecule has 0 rings (SSSR count). The SMILES string of the molecule is CCCCCCCCCCCCCCCCCC(=O)O[C@H](COC(C)=O)COP(=O)(O)OCCCOC(=O)C(C)CC(C)COC(CC(=O)O)C[N+](C)(C)C. The van der Waals surface area contributed by atoms with Crippen molar-refractivity contribution in [3.63, 3.8) is 0 Å². The van der Waals surface area contributed by atoms with Crippen LogP contribution < -0.4 is 0 Å². The van der Waals surface area contributed by atoms with Gasteiger partial charge in [-0.15, -0.1) is 0 Å². The number of aliphatic carboxylic acids is 1. The predicted molar refractivity (Wildman–Crippen MR) is 211 cm³/mol. The van der Waals surface area contributed by atoms with Crippen molar-refractivity contribution in [1.29, 1.82) is 0 Å². The number of phosphoric acid groups is 1. The first-order chi connectivity index (χ1) is 25.9. The summed E-state index contributed by atoms with van der Waals surface area (Å²) in [7, 11) is 1.33. The molecule has 0 aliphatic heterocycles. The fraction of sp³-hybridized carbons (Fsp3) is 0.900. The number of carbonyl (C=O) groups excluding carboxylic acids is 3. The molecule has 14 nitrogen and oxygen atoms in total. The van der Waals surface area contributed by atoms with Crippen LogP contribution in [0.4, 0.5) is 0 Å². The van der Waals surface area contributed by atoms with Gasteiger partial charge < -0.3 is 33.4 Å². The fourth-order valence-electron chi connectivity index (χ4n) is 6.03. The fourth-order valence-corrected chi connectivity index (χ4v) is 6.82. The van der Waals surface area contributed by atoms with E-state index in [0.29, 0.717) is 30.5 Å². The van der Waals surface area contributed by atoms with Crippen molar-refractivity contribution in [2.75, 3.05) is 60.7 Å². The van der Waals surface area contributed by atoms with E-state index in [2.05, 4.69) is 6.92 Å². The van der Waals surface area contributed by atoms with Crippen LogP contribution in [-0.4, -0.2) is 111 Å². The molecule has 0 bridgehead atoms. The van der Waals surface area contributed by atoms with Crippen LogP contribution in [0.3, 0.4) is 0 Å². The molecule has 55 heavy (non-hydrogen) atoms. The largest absolute Gasteiger partial charge is 0.481 e. The highest BCUT2D eigenvalue weighted by Gasteiger charge is 2.27. The summed E-state index contributed by atoms with van der Waals surface area (Å²) in [6.07, 6.45) is 17.3. The van der Waals surface area contributed by atoms with Gasteiger partial charge in [-0.05, 0) is 18.8 Å². The molecule has 15 heteroatoms. The summed E-state index contributed by atoms with van der Waals surface area (Å²) in [5, 5.41) is 9.20. The van der Waals surface area contributed by atoms with Gasteiger partial charge in [-0.2, -0.15) is 0 Å². The van der Waals surface area contributed by atoms with Crippen LogP contribution in [0.5, 0.6) is 0 Å². The number of nitrogens with zero attached hydrogens (tertiary/aromatic N) is 1. The average molecular weight is 811 g/mol. The highest BCUT2D eigenvalue weighted by molar-refractivity contribution is 7.47. The van der Waals surface area contributed by atoms with Gasteiger partial charge in [0.2, 0.25) is 0 Å². The third kappa shape index (κ3) is 34.9. The number of hydrogen-bond donors (Lipinski definition) is 2. The highest BCUT2D eigenvalue weighted by atomic mass is 31.2. The van der Waals surface area contributed by atoms with Gasteiger partial charge in [0.25, 0.3) is 0 Å². The second-order valence-corrected chi connectivity index (χ2v) is 17.5. The van der Waals surface area contributed by atoms with Gasteiger partial charge in [-0.1, -0.05) is 111 Å². The summed E-state index contributed by atoms with van der Waals surface area (Å²) in [6, 6.07) is 0. The Labute approximate surface area is 331 Å². The number of carboxylic acids is 1. The number of phosphoric ester groups is 1. The zero-order chi connectivity index (χ0) is 41.5. The molecule has 4 unspecified atom stereocenters. The first-order valence-electron chi connectivity index (χ1n) is 20.7. The van der Waals surface area contributed by atoms with E-state index in [1.807, 2.05) is 28.1 Å². The number of ether oxygens (including phenoxy) is 4. The third-order valence-corrected chi connectivity index (χ3v) is 9.88. The summed E-state index contributed by atoms with van der Waals surface area (Å²) in [4.78, 5) is 57.7. The molecule has 0 saturated heterocycles. The Morgan fingerprint density at radius 1 is 0.691 bits per heavy atom. The molecule has 0 fully saturated rings. The van der Waals surface area contributed by atoms with E-state index in [1.165, 1.54) is 77.6 Å². The van der Waals surface area contributed by atoms with Crippen molar-refractivity contribution in [1.82, 2.24) is 0 Å². The van der Waals surface area contributed by atoms with Gasteiger partial charge >= 0.3 is 31.7 Å². The number of carbonyl (C=O) groups is 4. The van der Waals surface area contributed by atoms with E-state index < -0.39 is 56.4 Å². The van der Waals surface area contributed by atoms with E-state index in [-0.39, 0.29) is 45.0 Å². The van der Waals surface area contributed by atoms with E-state index in [1.54, 1.807) is 6.92 Å². The molecule has 0 aromatic rings. The van der Waals surface area contributed by atoms with E-state index in [0.717, 1.165) is 19.3 Å². The van der Waals surface area contributed by atoms with Crippen molar-refractivity contribution in [2.24, 2.45) is 11.8 Å². The number of carboxylic acid groups (broad SMARTS) is 1. The number of likely N-dealkylation sites (N-methyl/N-ethyl adjacent to an activating group) is 1. The summed E-state index contributed by atoms with van der Waals surface area (Å²) in [5.41, 5.74) is 0. The first-order valence-corrected chi connectivity index (χ1v) is 22.2. The van der Waals surface area contributed by atoms with Crippen molar-refractivity contribution in [2.45, 2.75) is 162 Å². The van der Waals surface area contributed by atoms with Crippen molar-refractivity contribution < 1.29 is 66.2 Å². The summed E-state index contributed by atoms with van der Waals surface area (Å²) >= 11 is 0. The predicted octanol–water partition coefficient (Wildman–Crippen LogP) is 8.02. The molecule has 324 valence electrons. The van der Waals surface area contributed by atoms with Gasteiger partial charge in [-0.25, -0.2) is 4.57 Å². The first kappa shape index (κ1) is 52.9. The van der Waals surface area contributed by atoms with Crippen LogP contribution in [-0.2, 0) is 51.7 Å². The topological polar surface area (TPSA) is 181 Å². The number of unbranched alkanes of at least 4 members (excludes halogenated alkanes) is 14. The Bertz CT molecular complexity index is 1080. The molecule has 0 saturated carbocycles. The number of rotatable bonds is 37. The lowest BCUT2D eigenvalue weighted by molar-refractivity contribution is -0.873. The third-order valence-electron chi connectivity index (χ3n) is 8.89. The van der Waals surface area contributed by atoms with Crippen molar-refractivity contribution in [3.8, 4) is 0 Å². The second-order valence-electron chi connectivity index (χ2n) is 16.0. The van der Waals surface area contributed by atoms with E-state index in [4.69, 9.17) is 28.0 Å². The number of quaternary nitrogens is 1. The molecule has 0 aromatic heterocycles. The van der Waals surface area contributed by atoms with Crippen LogP contribution in [0.2, 0.25) is 0 Å². The Morgan fingerprint density at radius 2 is 1.24 bits per heavy atom. The minimum absolute atomic E-state index is 0.0232. The van der Waals surface area contributed by atoms with Crippen molar-refractivity contribution >= 4 is 31.7 Å². The maximum atomic E-state index is 12.5. The van der Waals surface area contributed by atoms with Gasteiger partial charge in [0, 0.05) is 26.4 Å². The maximum Gasteiger partial charge on any atom is 0.472 e. The summed E-state index contributed by atoms with van der Waals surface area (Å²) in [6.45, 7) is 6.77. The highest BCUT2D eigenvalue weighted by Crippen LogP contribution is 2.43. The van der Waals surface area contributed by atoms with Crippen LogP contribution in [0.1, 0.15) is 150 Å². The minimum atomic E-state index is -4.56. The maximum absolute atomic E-state index is 12.5. The van der Waals surface area contributed by atoms with Crippen LogP contribution in [0.25, 0.3) is 0 Å². The normalized spacial score (nSPS) is 15.1. The standard InChI is InChI=1S/C40H76NO13P/c1-8-9-10-11-12-13-14-15-16-17-18-19-20-21-22-24-39(45)54-37(31-50-35(4)42)32-53-55(47,48)52-26-23-25-49-40(46)34(3)27-33(2)30-51-36(28-38(43)44)29-41(5,6)7/h33-34,36-37H,8-32H2,1-7H3,(H-,43,44,47,48)/p+1/t33?,34?,36?,37-/m1/s1. The number of esters is 3. The van der Waals surface area contributed by atoms with Crippen LogP contribution in [0.15, 0.2) is 0 Å². The molecule has 0 spiro atoms. The summed E-state index contributed by atoms with van der Waals surface area (Å²) < 4.78 is 44.5. The molecule has 0 heterocycles. The summed E-state index contributed by atoms with van der Waals surface area (Å²) in [5.74, 6) is -2.95. The smallest absolute Gasteiger partial charge is 0.472 e. The zero-order valence-electron chi connectivity index (χ0n) is 35.3. The monoisotopic (exact) mass is 811 g/mol. The van der Waals surface area contributed by atoms with E-state index in [9.17, 15) is 33.7 Å². The Hall–Kier alpha value is -2.09. The Kier molecular flexibility index (Phi) is 30.7. The lowest BCUT2D eigenvalue weighted by Gasteiger charge is -2.29. The number of hydrogen-bond acceptors (Lipinski definition) is 11. The van der Waals surface area contributed by atoms with Crippen molar-refractivity contribution in [3.05, 3.63) is 0 Å². The zero-order valence-corrected chi connectivity index (χ0v) is 36.2. The molecular weight excluding hydrogens is 733 g/mol. The molecule has 0 radical (unpaired) electrons. The molecule has 0 aliphatic carbocycles. The van der Waals surface area contributed by atoms with E-state index >= 15 is 0 Å². The van der Waals surface area contributed by atoms with Crippen LogP contribution >= 0.6 is 7.82 Å². The van der Waals surface area contributed by atoms with Crippen LogP contribution in [0, 0.1) is 11.8 Å². The second kappa shape index (κ2) is 31.9. The molecule has 0 aliphatic rings.